The first-order chi connectivity index (χ1) is 19.4. The standard InChI is InChI=1S/C29H25N7O3S/c1-35(28(39)19-5-3-2-4-6-19)21-8-11-24-23(17-21)33-29(36(24)16-13-26(30)37)34-27(38)25-12-10-22(40-25)9-7-20-18-31-14-15-32-20/h2-12,14-15,17-18H,13,16H2,1H3,(H2,30,37)(H,33,34,38)/b9-7+. The van der Waals surface area contributed by atoms with Gasteiger partial charge in [-0.15, -0.1) is 11.3 Å². The van der Waals surface area contributed by atoms with E-state index >= 15 is 0 Å². The molecule has 10 nitrogen and oxygen atoms in total. The van der Waals surface area contributed by atoms with Gasteiger partial charge >= 0.3 is 0 Å². The third kappa shape index (κ3) is 5.94. The Balaban J connectivity index is 1.40. The molecular formula is C29H25N7O3S. The van der Waals surface area contributed by atoms with E-state index in [9.17, 15) is 14.4 Å². The van der Waals surface area contributed by atoms with Crippen LogP contribution in [0.4, 0.5) is 11.6 Å². The molecule has 3 heterocycles. The smallest absolute Gasteiger partial charge is 0.268 e. The van der Waals surface area contributed by atoms with Gasteiger partial charge in [0.05, 0.1) is 27.8 Å². The summed E-state index contributed by atoms with van der Waals surface area (Å²) in [6.45, 7) is 0.232. The second-order valence-electron chi connectivity index (χ2n) is 8.83. The van der Waals surface area contributed by atoms with E-state index in [1.165, 1.54) is 16.2 Å². The predicted octanol–water partition coefficient (Wildman–Crippen LogP) is 4.46. The van der Waals surface area contributed by atoms with Gasteiger partial charge in [-0.3, -0.25) is 29.7 Å². The molecule has 0 bridgehead atoms. The van der Waals surface area contributed by atoms with Crippen molar-refractivity contribution in [2.45, 2.75) is 13.0 Å². The topological polar surface area (TPSA) is 136 Å². The number of rotatable bonds is 9. The van der Waals surface area contributed by atoms with Crippen molar-refractivity contribution in [2.75, 3.05) is 17.3 Å². The van der Waals surface area contributed by atoms with Gasteiger partial charge in [0.2, 0.25) is 11.9 Å². The fourth-order valence-corrected chi connectivity index (χ4v) is 4.86. The van der Waals surface area contributed by atoms with Crippen molar-refractivity contribution >= 4 is 63.9 Å². The lowest BCUT2D eigenvalue weighted by molar-refractivity contribution is -0.118. The first-order valence-corrected chi connectivity index (χ1v) is 13.2. The third-order valence-corrected chi connectivity index (χ3v) is 7.15. The molecule has 3 amide bonds. The van der Waals surface area contributed by atoms with Crippen LogP contribution in [-0.2, 0) is 11.3 Å². The first-order valence-electron chi connectivity index (χ1n) is 12.4. The van der Waals surface area contributed by atoms with Crippen LogP contribution in [0.3, 0.4) is 0 Å². The SMILES string of the molecule is CN(C(=O)c1ccccc1)c1ccc2c(c1)nc(NC(=O)c1ccc(/C=C/c3cnccn3)s1)n2CCC(N)=O. The van der Waals surface area contributed by atoms with Crippen LogP contribution < -0.4 is 16.0 Å². The minimum absolute atomic E-state index is 0.0683. The number of fused-ring (bicyclic) bond motifs is 1. The van der Waals surface area contributed by atoms with E-state index in [0.717, 1.165) is 4.88 Å². The van der Waals surface area contributed by atoms with E-state index in [4.69, 9.17) is 5.73 Å². The molecule has 5 rings (SSSR count). The fourth-order valence-electron chi connectivity index (χ4n) is 4.05. The minimum Gasteiger partial charge on any atom is -0.370 e. The number of thiophene rings is 1. The highest BCUT2D eigenvalue weighted by molar-refractivity contribution is 7.15. The Morgan fingerprint density at radius 1 is 1.05 bits per heavy atom. The molecule has 0 unspecified atom stereocenters. The lowest BCUT2D eigenvalue weighted by atomic mass is 10.2. The molecule has 3 aromatic heterocycles. The van der Waals surface area contributed by atoms with Crippen LogP contribution in [0, 0.1) is 0 Å². The van der Waals surface area contributed by atoms with Crippen LogP contribution >= 0.6 is 11.3 Å². The predicted molar refractivity (Wildman–Crippen MR) is 156 cm³/mol. The number of primary amides is 1. The summed E-state index contributed by atoms with van der Waals surface area (Å²) in [5.41, 5.74) is 8.56. The molecule has 5 aromatic rings. The monoisotopic (exact) mass is 551 g/mol. The number of carbonyl (C=O) groups excluding carboxylic acids is 3. The second kappa shape index (κ2) is 11.7. The summed E-state index contributed by atoms with van der Waals surface area (Å²) in [5, 5.41) is 2.87. The Kier molecular flexibility index (Phi) is 7.74. The quantitative estimate of drug-likeness (QED) is 0.278. The van der Waals surface area contributed by atoms with E-state index in [-0.39, 0.29) is 30.7 Å². The zero-order chi connectivity index (χ0) is 28.1. The number of aryl methyl sites for hydroxylation is 1. The molecule has 0 fully saturated rings. The number of carbonyl (C=O) groups is 3. The minimum atomic E-state index is -0.471. The number of aromatic nitrogens is 4. The number of benzene rings is 2. The fraction of sp³-hybridized carbons (Fsp3) is 0.103. The maximum absolute atomic E-state index is 13.1. The Hall–Kier alpha value is -5.16. The number of anilines is 2. The Bertz CT molecular complexity index is 1710. The van der Waals surface area contributed by atoms with Gasteiger partial charge in [-0.2, -0.15) is 0 Å². The summed E-state index contributed by atoms with van der Waals surface area (Å²) in [4.78, 5) is 53.4. The molecule has 0 radical (unpaired) electrons. The van der Waals surface area contributed by atoms with E-state index in [2.05, 4.69) is 20.3 Å². The summed E-state index contributed by atoms with van der Waals surface area (Å²) >= 11 is 1.32. The van der Waals surface area contributed by atoms with Gasteiger partial charge in [0.1, 0.15) is 0 Å². The molecule has 3 N–H and O–H groups in total. The molecule has 40 heavy (non-hydrogen) atoms. The number of hydrogen-bond donors (Lipinski definition) is 2. The Morgan fingerprint density at radius 3 is 2.62 bits per heavy atom. The van der Waals surface area contributed by atoms with Crippen molar-refractivity contribution in [2.24, 2.45) is 5.73 Å². The molecule has 0 aliphatic heterocycles. The summed E-state index contributed by atoms with van der Waals surface area (Å²) in [5.74, 6) is -0.693. The highest BCUT2D eigenvalue weighted by Gasteiger charge is 2.19. The normalized spacial score (nSPS) is 11.1. The lowest BCUT2D eigenvalue weighted by Crippen LogP contribution is -2.26. The van der Waals surface area contributed by atoms with Crippen molar-refractivity contribution in [3.63, 3.8) is 0 Å². The molecular weight excluding hydrogens is 526 g/mol. The number of nitrogens with two attached hydrogens (primary N) is 1. The van der Waals surface area contributed by atoms with Crippen molar-refractivity contribution in [3.8, 4) is 0 Å². The van der Waals surface area contributed by atoms with Crippen molar-refractivity contribution < 1.29 is 14.4 Å². The van der Waals surface area contributed by atoms with Gasteiger partial charge in [0.25, 0.3) is 11.8 Å². The average Bonchev–Trinajstić information content (AvgIpc) is 3.59. The molecule has 0 aliphatic rings. The number of amides is 3. The Morgan fingerprint density at radius 2 is 1.88 bits per heavy atom. The molecule has 11 heteroatoms. The summed E-state index contributed by atoms with van der Waals surface area (Å²) in [6.07, 6.45) is 8.61. The molecule has 0 spiro atoms. The molecule has 0 atom stereocenters. The molecule has 200 valence electrons. The van der Waals surface area contributed by atoms with Crippen molar-refractivity contribution in [1.29, 1.82) is 0 Å². The highest BCUT2D eigenvalue weighted by Crippen LogP contribution is 2.27. The lowest BCUT2D eigenvalue weighted by Gasteiger charge is -2.17. The summed E-state index contributed by atoms with van der Waals surface area (Å²) < 4.78 is 1.74. The molecule has 0 saturated carbocycles. The zero-order valence-electron chi connectivity index (χ0n) is 21.5. The Labute approximate surface area is 233 Å². The van der Waals surface area contributed by atoms with E-state index in [0.29, 0.717) is 32.9 Å². The molecule has 0 saturated heterocycles. The third-order valence-electron chi connectivity index (χ3n) is 6.10. The summed E-state index contributed by atoms with van der Waals surface area (Å²) in [7, 11) is 1.69. The van der Waals surface area contributed by atoms with Crippen LogP contribution in [0.15, 0.2) is 79.3 Å². The first kappa shape index (κ1) is 26.4. The van der Waals surface area contributed by atoms with Crippen LogP contribution in [-0.4, -0.2) is 44.3 Å². The van der Waals surface area contributed by atoms with E-state index in [1.54, 1.807) is 60.5 Å². The van der Waals surface area contributed by atoms with Gasteiger partial charge in [-0.1, -0.05) is 18.2 Å². The molecule has 0 aliphatic carbocycles. The van der Waals surface area contributed by atoms with E-state index in [1.807, 2.05) is 42.5 Å². The van der Waals surface area contributed by atoms with Gasteiger partial charge in [0.15, 0.2) is 0 Å². The maximum atomic E-state index is 13.1. The van der Waals surface area contributed by atoms with Gasteiger partial charge in [0, 0.05) is 48.5 Å². The highest BCUT2D eigenvalue weighted by atomic mass is 32.1. The van der Waals surface area contributed by atoms with Gasteiger partial charge in [-0.05, 0) is 54.6 Å². The van der Waals surface area contributed by atoms with Crippen LogP contribution in [0.25, 0.3) is 23.2 Å². The summed E-state index contributed by atoms with van der Waals surface area (Å²) in [6, 6.07) is 17.9. The second-order valence-corrected chi connectivity index (χ2v) is 9.94. The van der Waals surface area contributed by atoms with Crippen molar-refractivity contribution in [1.82, 2.24) is 19.5 Å². The van der Waals surface area contributed by atoms with Crippen molar-refractivity contribution in [3.05, 3.63) is 100 Å². The largest absolute Gasteiger partial charge is 0.370 e. The van der Waals surface area contributed by atoms with E-state index < -0.39 is 5.91 Å². The maximum Gasteiger partial charge on any atom is 0.268 e. The average molecular weight is 552 g/mol. The van der Waals surface area contributed by atoms with Gasteiger partial charge in [-0.25, -0.2) is 4.98 Å². The zero-order valence-corrected chi connectivity index (χ0v) is 22.3. The molecule has 2 aromatic carbocycles. The van der Waals surface area contributed by atoms with Crippen LogP contribution in [0.2, 0.25) is 0 Å². The van der Waals surface area contributed by atoms with Crippen LogP contribution in [0.5, 0.6) is 0 Å². The van der Waals surface area contributed by atoms with Gasteiger partial charge < -0.3 is 15.2 Å². The number of hydrogen-bond acceptors (Lipinski definition) is 7. The number of imidazole rings is 1. The number of nitrogens with zero attached hydrogens (tertiary/aromatic N) is 5. The number of nitrogens with one attached hydrogen (secondary N) is 1. The van der Waals surface area contributed by atoms with Crippen LogP contribution in [0.1, 0.15) is 37.0 Å².